The van der Waals surface area contributed by atoms with E-state index in [9.17, 15) is 9.59 Å². The molecule has 0 aromatic carbocycles. The molecule has 2 rings (SSSR count). The number of nitrogens with zero attached hydrogens (tertiary/aromatic N) is 2. The number of hydrogen-bond donors (Lipinski definition) is 1. The van der Waals surface area contributed by atoms with Gasteiger partial charge in [-0.05, 0) is 33.6 Å². The Balaban J connectivity index is 1.94. The molecule has 6 heteroatoms. The van der Waals surface area contributed by atoms with Crippen LogP contribution in [0.25, 0.3) is 0 Å². The summed E-state index contributed by atoms with van der Waals surface area (Å²) in [6, 6.07) is -0.229. The second-order valence-electron chi connectivity index (χ2n) is 6.25. The van der Waals surface area contributed by atoms with Crippen LogP contribution >= 0.6 is 0 Å². The van der Waals surface area contributed by atoms with E-state index >= 15 is 0 Å². The monoisotopic (exact) mass is 270 g/mol. The highest BCUT2D eigenvalue weighted by molar-refractivity contribution is 5.74. The van der Waals surface area contributed by atoms with E-state index in [0.29, 0.717) is 26.1 Å². The number of ether oxygens (including phenoxy) is 1. The highest BCUT2D eigenvalue weighted by Gasteiger charge is 2.42. The lowest BCUT2D eigenvalue weighted by Gasteiger charge is -2.39. The minimum Gasteiger partial charge on any atom is -0.480 e. The van der Waals surface area contributed by atoms with Crippen LogP contribution in [-0.4, -0.2) is 64.3 Å². The SMILES string of the molecule is CC(C)(C)OC(=O)N1CCN2C(CCC2C(=O)O)C1. The molecule has 0 radical (unpaired) electrons. The van der Waals surface area contributed by atoms with E-state index in [1.165, 1.54) is 0 Å². The van der Waals surface area contributed by atoms with Crippen molar-refractivity contribution in [3.05, 3.63) is 0 Å². The zero-order valence-electron chi connectivity index (χ0n) is 11.8. The van der Waals surface area contributed by atoms with Gasteiger partial charge < -0.3 is 14.7 Å². The highest BCUT2D eigenvalue weighted by Crippen LogP contribution is 2.28. The molecule has 1 amide bonds. The number of rotatable bonds is 1. The second-order valence-corrected chi connectivity index (χ2v) is 6.25. The average molecular weight is 270 g/mol. The first-order valence-electron chi connectivity index (χ1n) is 6.74. The number of carbonyl (C=O) groups is 2. The lowest BCUT2D eigenvalue weighted by Crippen LogP contribution is -2.56. The van der Waals surface area contributed by atoms with Crippen LogP contribution in [0, 0.1) is 0 Å². The maximum atomic E-state index is 12.0. The van der Waals surface area contributed by atoms with Gasteiger partial charge in [0, 0.05) is 25.7 Å². The van der Waals surface area contributed by atoms with Gasteiger partial charge in [-0.1, -0.05) is 0 Å². The molecule has 0 bridgehead atoms. The fourth-order valence-electron chi connectivity index (χ4n) is 2.81. The van der Waals surface area contributed by atoms with Gasteiger partial charge in [0.1, 0.15) is 11.6 Å². The van der Waals surface area contributed by atoms with Crippen molar-refractivity contribution in [3.63, 3.8) is 0 Å². The topological polar surface area (TPSA) is 70.1 Å². The molecule has 0 aliphatic carbocycles. The molecule has 2 aliphatic heterocycles. The van der Waals surface area contributed by atoms with Crippen LogP contribution < -0.4 is 0 Å². The van der Waals surface area contributed by atoms with Gasteiger partial charge in [0.2, 0.25) is 0 Å². The van der Waals surface area contributed by atoms with Gasteiger partial charge in [-0.25, -0.2) is 4.79 Å². The number of hydrogen-bond acceptors (Lipinski definition) is 4. The van der Waals surface area contributed by atoms with E-state index in [2.05, 4.69) is 0 Å². The lowest BCUT2D eigenvalue weighted by atomic mass is 10.1. The Hall–Kier alpha value is -1.30. The summed E-state index contributed by atoms with van der Waals surface area (Å²) in [4.78, 5) is 26.8. The van der Waals surface area contributed by atoms with Gasteiger partial charge in [-0.3, -0.25) is 9.69 Å². The number of carboxylic acids is 1. The third-order valence-electron chi connectivity index (χ3n) is 3.64. The molecule has 2 heterocycles. The minimum atomic E-state index is -0.756. The fourth-order valence-corrected chi connectivity index (χ4v) is 2.81. The number of fused-ring (bicyclic) bond motifs is 1. The Morgan fingerprint density at radius 1 is 1.21 bits per heavy atom. The summed E-state index contributed by atoms with van der Waals surface area (Å²) in [6.45, 7) is 7.25. The number of aliphatic carboxylic acids is 1. The van der Waals surface area contributed by atoms with Crippen molar-refractivity contribution in [2.45, 2.75) is 51.3 Å². The number of carbonyl (C=O) groups excluding carboxylic acids is 1. The minimum absolute atomic E-state index is 0.155. The number of amides is 1. The number of piperazine rings is 1. The summed E-state index contributed by atoms with van der Waals surface area (Å²) < 4.78 is 5.35. The van der Waals surface area contributed by atoms with Crippen LogP contribution in [-0.2, 0) is 9.53 Å². The van der Waals surface area contributed by atoms with Gasteiger partial charge in [0.25, 0.3) is 0 Å². The van der Waals surface area contributed by atoms with Crippen LogP contribution in [0.3, 0.4) is 0 Å². The maximum Gasteiger partial charge on any atom is 0.410 e. The molecule has 6 nitrogen and oxygen atoms in total. The van der Waals surface area contributed by atoms with Crippen LogP contribution in [0.5, 0.6) is 0 Å². The third kappa shape index (κ3) is 3.18. The molecule has 2 saturated heterocycles. The highest BCUT2D eigenvalue weighted by atomic mass is 16.6. The van der Waals surface area contributed by atoms with E-state index in [0.717, 1.165) is 6.42 Å². The Bertz CT molecular complexity index is 377. The van der Waals surface area contributed by atoms with Gasteiger partial charge in [-0.2, -0.15) is 0 Å². The Kier molecular flexibility index (Phi) is 3.71. The van der Waals surface area contributed by atoms with Crippen molar-refractivity contribution >= 4 is 12.1 Å². The van der Waals surface area contributed by atoms with Gasteiger partial charge in [0.05, 0.1) is 0 Å². The molecule has 2 aliphatic rings. The zero-order chi connectivity index (χ0) is 14.2. The van der Waals surface area contributed by atoms with Crippen LogP contribution in [0.1, 0.15) is 33.6 Å². The van der Waals surface area contributed by atoms with Crippen molar-refractivity contribution in [1.29, 1.82) is 0 Å². The normalized spacial score (nSPS) is 28.1. The zero-order valence-corrected chi connectivity index (χ0v) is 11.8. The van der Waals surface area contributed by atoms with Crippen LogP contribution in [0.2, 0.25) is 0 Å². The molecule has 0 spiro atoms. The summed E-state index contributed by atoms with van der Waals surface area (Å²) in [5.41, 5.74) is -0.493. The summed E-state index contributed by atoms with van der Waals surface area (Å²) in [6.07, 6.45) is 1.20. The van der Waals surface area contributed by atoms with Crippen molar-refractivity contribution in [2.75, 3.05) is 19.6 Å². The first-order valence-corrected chi connectivity index (χ1v) is 6.74. The molecule has 0 aromatic rings. The standard InChI is InChI=1S/C13H22N2O4/c1-13(2,3)19-12(18)14-6-7-15-9(8-14)4-5-10(15)11(16)17/h9-10H,4-8H2,1-3H3,(H,16,17). The Morgan fingerprint density at radius 3 is 2.47 bits per heavy atom. The van der Waals surface area contributed by atoms with Gasteiger partial charge in [-0.15, -0.1) is 0 Å². The summed E-state index contributed by atoms with van der Waals surface area (Å²) >= 11 is 0. The quantitative estimate of drug-likeness (QED) is 0.774. The lowest BCUT2D eigenvalue weighted by molar-refractivity contribution is -0.143. The third-order valence-corrected chi connectivity index (χ3v) is 3.64. The molecular formula is C13H22N2O4. The predicted octanol–water partition coefficient (Wildman–Crippen LogP) is 1.15. The predicted molar refractivity (Wildman–Crippen MR) is 69.0 cm³/mol. The molecule has 0 saturated carbocycles. The maximum absolute atomic E-state index is 12.0. The van der Waals surface area contributed by atoms with Crippen molar-refractivity contribution in [3.8, 4) is 0 Å². The largest absolute Gasteiger partial charge is 0.480 e. The molecule has 108 valence electrons. The van der Waals surface area contributed by atoms with Crippen LogP contribution in [0.15, 0.2) is 0 Å². The summed E-state index contributed by atoms with van der Waals surface area (Å²) in [7, 11) is 0. The molecule has 19 heavy (non-hydrogen) atoms. The molecule has 2 unspecified atom stereocenters. The van der Waals surface area contributed by atoms with E-state index in [1.54, 1.807) is 4.90 Å². The molecule has 2 atom stereocenters. The van der Waals surface area contributed by atoms with Gasteiger partial charge >= 0.3 is 12.1 Å². The molecule has 2 fully saturated rings. The number of carboxylic acid groups (broad SMARTS) is 1. The second kappa shape index (κ2) is 5.00. The molecular weight excluding hydrogens is 248 g/mol. The first kappa shape index (κ1) is 14.1. The average Bonchev–Trinajstić information content (AvgIpc) is 2.68. The first-order chi connectivity index (χ1) is 8.78. The van der Waals surface area contributed by atoms with E-state index in [-0.39, 0.29) is 18.2 Å². The van der Waals surface area contributed by atoms with Gasteiger partial charge in [0.15, 0.2) is 0 Å². The van der Waals surface area contributed by atoms with Crippen molar-refractivity contribution in [2.24, 2.45) is 0 Å². The Labute approximate surface area is 113 Å². The van der Waals surface area contributed by atoms with Crippen LogP contribution in [0.4, 0.5) is 4.79 Å². The summed E-state index contributed by atoms with van der Waals surface area (Å²) in [5, 5.41) is 9.13. The fraction of sp³-hybridized carbons (Fsp3) is 0.846. The van der Waals surface area contributed by atoms with E-state index in [4.69, 9.17) is 9.84 Å². The van der Waals surface area contributed by atoms with E-state index < -0.39 is 11.6 Å². The van der Waals surface area contributed by atoms with E-state index in [1.807, 2.05) is 25.7 Å². The Morgan fingerprint density at radius 2 is 1.89 bits per heavy atom. The molecule has 1 N–H and O–H groups in total. The summed E-state index contributed by atoms with van der Waals surface area (Å²) in [5.74, 6) is -0.756. The smallest absolute Gasteiger partial charge is 0.410 e. The van der Waals surface area contributed by atoms with Crippen molar-refractivity contribution < 1.29 is 19.4 Å². The van der Waals surface area contributed by atoms with Crippen molar-refractivity contribution in [1.82, 2.24) is 9.80 Å². The molecule has 0 aromatic heterocycles.